The third-order valence-electron chi connectivity index (χ3n) is 3.68. The first-order valence-electron chi connectivity index (χ1n) is 6.55. The fourth-order valence-corrected chi connectivity index (χ4v) is 2.30. The number of aliphatic carboxylic acids is 1. The van der Waals surface area contributed by atoms with Crippen molar-refractivity contribution in [3.63, 3.8) is 0 Å². The summed E-state index contributed by atoms with van der Waals surface area (Å²) < 4.78 is 5.63. The van der Waals surface area contributed by atoms with E-state index in [9.17, 15) is 9.90 Å². The molecule has 0 saturated carbocycles. The smallest absolute Gasteiger partial charge is 0.323 e. The van der Waals surface area contributed by atoms with Crippen molar-refractivity contribution in [1.82, 2.24) is 15.1 Å². The van der Waals surface area contributed by atoms with Crippen molar-refractivity contribution in [2.24, 2.45) is 0 Å². The molecule has 106 valence electrons. The largest absolute Gasteiger partial charge is 0.480 e. The lowest BCUT2D eigenvalue weighted by Gasteiger charge is -2.29. The van der Waals surface area contributed by atoms with Gasteiger partial charge in [0.2, 0.25) is 11.8 Å². The van der Waals surface area contributed by atoms with Crippen LogP contribution in [-0.2, 0) is 16.8 Å². The Balaban J connectivity index is 2.13. The van der Waals surface area contributed by atoms with E-state index >= 15 is 0 Å². The summed E-state index contributed by atoms with van der Waals surface area (Å²) in [6.45, 7) is 8.90. The molecule has 0 radical (unpaired) electrons. The SMILES string of the molecule is CC(C)(C)c1nnc(CN2CCCC2(C)C(=O)O)o1. The van der Waals surface area contributed by atoms with Gasteiger partial charge in [-0.1, -0.05) is 20.8 Å². The highest BCUT2D eigenvalue weighted by atomic mass is 16.4. The summed E-state index contributed by atoms with van der Waals surface area (Å²) in [6, 6.07) is 0. The molecule has 1 fully saturated rings. The maximum atomic E-state index is 11.4. The second-order valence-corrected chi connectivity index (χ2v) is 6.36. The van der Waals surface area contributed by atoms with Gasteiger partial charge in [-0.05, 0) is 26.3 Å². The minimum atomic E-state index is -0.823. The molecule has 1 aromatic heterocycles. The van der Waals surface area contributed by atoms with Gasteiger partial charge in [0.15, 0.2) is 0 Å². The average Bonchev–Trinajstić information content (AvgIpc) is 2.87. The van der Waals surface area contributed by atoms with Crippen LogP contribution in [0, 0.1) is 0 Å². The number of nitrogens with zero attached hydrogens (tertiary/aromatic N) is 3. The molecule has 0 aromatic carbocycles. The van der Waals surface area contributed by atoms with Gasteiger partial charge in [-0.3, -0.25) is 9.69 Å². The van der Waals surface area contributed by atoms with Gasteiger partial charge in [0.1, 0.15) is 5.54 Å². The van der Waals surface area contributed by atoms with Gasteiger partial charge in [-0.25, -0.2) is 0 Å². The predicted octanol–water partition coefficient (Wildman–Crippen LogP) is 1.81. The van der Waals surface area contributed by atoms with Gasteiger partial charge in [0.05, 0.1) is 6.54 Å². The van der Waals surface area contributed by atoms with Crippen LogP contribution in [0.4, 0.5) is 0 Å². The van der Waals surface area contributed by atoms with E-state index in [0.29, 0.717) is 24.7 Å². The van der Waals surface area contributed by atoms with Crippen molar-refractivity contribution in [3.8, 4) is 0 Å². The number of carbonyl (C=O) groups is 1. The second-order valence-electron chi connectivity index (χ2n) is 6.36. The van der Waals surface area contributed by atoms with Crippen molar-refractivity contribution in [3.05, 3.63) is 11.8 Å². The van der Waals surface area contributed by atoms with Crippen molar-refractivity contribution in [1.29, 1.82) is 0 Å². The molecule has 0 aliphatic carbocycles. The minimum absolute atomic E-state index is 0.188. The Kier molecular flexibility index (Phi) is 3.38. The zero-order chi connectivity index (χ0) is 14.3. The summed E-state index contributed by atoms with van der Waals surface area (Å²) in [5, 5.41) is 17.4. The fraction of sp³-hybridized carbons (Fsp3) is 0.769. The maximum absolute atomic E-state index is 11.4. The highest BCUT2D eigenvalue weighted by Crippen LogP contribution is 2.31. The summed E-state index contributed by atoms with van der Waals surface area (Å²) in [7, 11) is 0. The molecule has 0 spiro atoms. The maximum Gasteiger partial charge on any atom is 0.323 e. The molecule has 1 unspecified atom stereocenters. The summed E-state index contributed by atoms with van der Waals surface area (Å²) in [5.41, 5.74) is -1.01. The molecule has 1 N–H and O–H groups in total. The molecule has 1 aliphatic heterocycles. The monoisotopic (exact) mass is 267 g/mol. The van der Waals surface area contributed by atoms with Gasteiger partial charge in [0, 0.05) is 5.41 Å². The van der Waals surface area contributed by atoms with Crippen LogP contribution in [0.3, 0.4) is 0 Å². The number of likely N-dealkylation sites (tertiary alicyclic amines) is 1. The lowest BCUT2D eigenvalue weighted by atomic mass is 9.97. The molecular formula is C13H21N3O3. The molecule has 0 amide bonds. The first-order chi connectivity index (χ1) is 8.73. The van der Waals surface area contributed by atoms with E-state index in [-0.39, 0.29) is 5.41 Å². The molecule has 1 aliphatic rings. The number of rotatable bonds is 3. The highest BCUT2D eigenvalue weighted by molar-refractivity contribution is 5.78. The van der Waals surface area contributed by atoms with E-state index in [0.717, 1.165) is 13.0 Å². The first-order valence-corrected chi connectivity index (χ1v) is 6.55. The number of hydrogen-bond acceptors (Lipinski definition) is 5. The van der Waals surface area contributed by atoms with Gasteiger partial charge in [-0.15, -0.1) is 10.2 Å². The number of hydrogen-bond donors (Lipinski definition) is 1. The van der Waals surface area contributed by atoms with Gasteiger partial charge < -0.3 is 9.52 Å². The fourth-order valence-electron chi connectivity index (χ4n) is 2.30. The lowest BCUT2D eigenvalue weighted by Crippen LogP contribution is -2.47. The number of carboxylic acid groups (broad SMARTS) is 1. The second kappa shape index (κ2) is 4.59. The zero-order valence-electron chi connectivity index (χ0n) is 11.9. The molecule has 2 rings (SSSR count). The van der Waals surface area contributed by atoms with Crippen LogP contribution in [0.25, 0.3) is 0 Å². The van der Waals surface area contributed by atoms with Crippen LogP contribution < -0.4 is 0 Å². The minimum Gasteiger partial charge on any atom is -0.480 e. The number of carboxylic acids is 1. The Bertz CT molecular complexity index is 478. The zero-order valence-corrected chi connectivity index (χ0v) is 11.9. The molecule has 2 heterocycles. The van der Waals surface area contributed by atoms with E-state index < -0.39 is 11.5 Å². The molecule has 1 atom stereocenters. The van der Waals surface area contributed by atoms with Crippen LogP contribution in [0.5, 0.6) is 0 Å². The van der Waals surface area contributed by atoms with Gasteiger partial charge in [0.25, 0.3) is 0 Å². The molecule has 1 aromatic rings. The van der Waals surface area contributed by atoms with Crippen LogP contribution in [0.15, 0.2) is 4.42 Å². The highest BCUT2D eigenvalue weighted by Gasteiger charge is 2.43. The Hall–Kier alpha value is -1.43. The van der Waals surface area contributed by atoms with Crippen molar-refractivity contribution in [2.45, 2.75) is 58.0 Å². The summed E-state index contributed by atoms with van der Waals surface area (Å²) in [5.74, 6) is 0.276. The Morgan fingerprint density at radius 1 is 1.47 bits per heavy atom. The summed E-state index contributed by atoms with van der Waals surface area (Å²) in [6.07, 6.45) is 1.53. The topological polar surface area (TPSA) is 79.5 Å². The normalized spacial score (nSPS) is 24.8. The molecule has 6 heteroatoms. The molecule has 6 nitrogen and oxygen atoms in total. The Morgan fingerprint density at radius 3 is 2.68 bits per heavy atom. The van der Waals surface area contributed by atoms with Crippen LogP contribution in [-0.4, -0.2) is 38.3 Å². The van der Waals surface area contributed by atoms with Crippen LogP contribution >= 0.6 is 0 Å². The van der Waals surface area contributed by atoms with E-state index in [1.54, 1.807) is 6.92 Å². The van der Waals surface area contributed by atoms with E-state index in [1.165, 1.54) is 0 Å². The molecular weight excluding hydrogens is 246 g/mol. The lowest BCUT2D eigenvalue weighted by molar-refractivity contribution is -0.149. The van der Waals surface area contributed by atoms with Crippen molar-refractivity contribution < 1.29 is 14.3 Å². The quantitative estimate of drug-likeness (QED) is 0.899. The van der Waals surface area contributed by atoms with E-state index in [2.05, 4.69) is 10.2 Å². The predicted molar refractivity (Wildman–Crippen MR) is 68.7 cm³/mol. The molecule has 0 bridgehead atoms. The summed E-state index contributed by atoms with van der Waals surface area (Å²) in [4.78, 5) is 13.3. The van der Waals surface area contributed by atoms with Crippen LogP contribution in [0.2, 0.25) is 0 Å². The van der Waals surface area contributed by atoms with Crippen LogP contribution in [0.1, 0.15) is 52.3 Å². The third-order valence-corrected chi connectivity index (χ3v) is 3.68. The first kappa shape index (κ1) is 14.0. The number of aromatic nitrogens is 2. The van der Waals surface area contributed by atoms with E-state index in [4.69, 9.17) is 4.42 Å². The Labute approximate surface area is 112 Å². The van der Waals surface area contributed by atoms with Crippen molar-refractivity contribution >= 4 is 5.97 Å². The molecule has 19 heavy (non-hydrogen) atoms. The average molecular weight is 267 g/mol. The van der Waals surface area contributed by atoms with Gasteiger partial charge in [-0.2, -0.15) is 0 Å². The molecule has 1 saturated heterocycles. The third kappa shape index (κ3) is 2.63. The van der Waals surface area contributed by atoms with Crippen molar-refractivity contribution in [2.75, 3.05) is 6.54 Å². The summed E-state index contributed by atoms with van der Waals surface area (Å²) >= 11 is 0. The van der Waals surface area contributed by atoms with E-state index in [1.807, 2.05) is 25.7 Å². The standard InChI is InChI=1S/C13H21N3O3/c1-12(2,3)10-15-14-9(19-10)8-16-7-5-6-13(16,4)11(17)18/h5-8H2,1-4H3,(H,17,18). The van der Waals surface area contributed by atoms with Gasteiger partial charge >= 0.3 is 5.97 Å². The Morgan fingerprint density at radius 2 is 2.16 bits per heavy atom.